The number of nitrogens with zero attached hydrogens (tertiary/aromatic N) is 2. The molecule has 0 aliphatic carbocycles. The summed E-state index contributed by atoms with van der Waals surface area (Å²) >= 11 is 4.16. The van der Waals surface area contributed by atoms with Crippen LogP contribution in [0.3, 0.4) is 0 Å². The number of hydrogen-bond donors (Lipinski definition) is 0. The first-order chi connectivity index (χ1) is 16.8. The van der Waals surface area contributed by atoms with Gasteiger partial charge in [0.25, 0.3) is 16.8 Å². The Morgan fingerprint density at radius 3 is 2.46 bits per heavy atom. The quantitative estimate of drug-likeness (QED) is 0.149. The van der Waals surface area contributed by atoms with E-state index in [0.717, 1.165) is 26.7 Å². The topological polar surface area (TPSA) is 107 Å². The molecule has 1 aliphatic heterocycles. The van der Waals surface area contributed by atoms with Crippen molar-refractivity contribution in [3.63, 3.8) is 0 Å². The van der Waals surface area contributed by atoms with Crippen LogP contribution in [0.5, 0.6) is 5.75 Å². The highest BCUT2D eigenvalue weighted by molar-refractivity contribution is 9.10. The highest BCUT2D eigenvalue weighted by Crippen LogP contribution is 2.35. The van der Waals surface area contributed by atoms with Crippen LogP contribution in [0.2, 0.25) is 0 Å². The number of nitro benzene ring substituents is 1. The fourth-order valence-electron chi connectivity index (χ4n) is 3.28. The fourth-order valence-corrected chi connectivity index (χ4v) is 4.48. The molecular formula is C25H17BrN2O6S. The summed E-state index contributed by atoms with van der Waals surface area (Å²) < 4.78 is 6.63. The van der Waals surface area contributed by atoms with E-state index in [2.05, 4.69) is 15.9 Å². The zero-order valence-electron chi connectivity index (χ0n) is 18.0. The number of amides is 2. The standard InChI is InChI=1S/C25H17BrN2O6S/c26-19-8-11-22(34-15-16-6-9-20(10-7-16)28(32)33)18(12-19)13-23-24(30)27(25(31)35-23)14-21(29)17-4-2-1-3-5-17/h1-13H,14-15H2/b23-13-. The highest BCUT2D eigenvalue weighted by atomic mass is 79.9. The van der Waals surface area contributed by atoms with Crippen LogP contribution in [0.1, 0.15) is 21.5 Å². The zero-order valence-corrected chi connectivity index (χ0v) is 20.5. The molecule has 4 rings (SSSR count). The van der Waals surface area contributed by atoms with Gasteiger partial charge >= 0.3 is 0 Å². The highest BCUT2D eigenvalue weighted by Gasteiger charge is 2.36. The van der Waals surface area contributed by atoms with Gasteiger partial charge in [0.15, 0.2) is 5.78 Å². The van der Waals surface area contributed by atoms with E-state index < -0.39 is 16.1 Å². The number of carbonyl (C=O) groups excluding carboxylic acids is 3. The number of nitro groups is 1. The predicted molar refractivity (Wildman–Crippen MR) is 135 cm³/mol. The molecule has 35 heavy (non-hydrogen) atoms. The molecule has 0 aromatic heterocycles. The van der Waals surface area contributed by atoms with Gasteiger partial charge in [0.2, 0.25) is 0 Å². The van der Waals surface area contributed by atoms with Gasteiger partial charge in [-0.25, -0.2) is 0 Å². The number of ketones is 1. The normalized spacial score (nSPS) is 14.4. The third-order valence-electron chi connectivity index (χ3n) is 5.07. The Balaban J connectivity index is 1.51. The van der Waals surface area contributed by atoms with Gasteiger partial charge in [-0.3, -0.25) is 29.4 Å². The van der Waals surface area contributed by atoms with E-state index in [0.29, 0.717) is 16.9 Å². The summed E-state index contributed by atoms with van der Waals surface area (Å²) in [4.78, 5) is 49.3. The Bertz CT molecular complexity index is 1340. The largest absolute Gasteiger partial charge is 0.488 e. The molecule has 0 unspecified atom stereocenters. The van der Waals surface area contributed by atoms with Gasteiger partial charge in [-0.05, 0) is 53.7 Å². The molecule has 8 nitrogen and oxygen atoms in total. The van der Waals surface area contributed by atoms with Gasteiger partial charge in [0.05, 0.1) is 16.4 Å². The van der Waals surface area contributed by atoms with E-state index in [-0.39, 0.29) is 29.5 Å². The van der Waals surface area contributed by atoms with Crippen LogP contribution in [0.15, 0.2) is 82.2 Å². The molecule has 1 saturated heterocycles. The number of halogens is 1. The van der Waals surface area contributed by atoms with Crippen LogP contribution in [0, 0.1) is 10.1 Å². The molecule has 1 aliphatic rings. The summed E-state index contributed by atoms with van der Waals surface area (Å²) in [5, 5.41) is 10.3. The molecule has 0 spiro atoms. The Morgan fingerprint density at radius 1 is 1.06 bits per heavy atom. The minimum absolute atomic E-state index is 0.0143. The lowest BCUT2D eigenvalue weighted by Crippen LogP contribution is -2.33. The van der Waals surface area contributed by atoms with Crippen LogP contribution in [-0.4, -0.2) is 33.3 Å². The lowest BCUT2D eigenvalue weighted by atomic mass is 10.1. The van der Waals surface area contributed by atoms with Crippen molar-refractivity contribution in [2.45, 2.75) is 6.61 Å². The number of ether oxygens (including phenoxy) is 1. The molecule has 0 saturated carbocycles. The molecule has 1 heterocycles. The summed E-state index contributed by atoms with van der Waals surface area (Å²) in [5.41, 5.74) is 1.69. The molecule has 176 valence electrons. The number of thioether (sulfide) groups is 1. The Morgan fingerprint density at radius 2 is 1.77 bits per heavy atom. The van der Waals surface area contributed by atoms with Gasteiger partial charge in [-0.2, -0.15) is 0 Å². The second-order valence-electron chi connectivity index (χ2n) is 7.45. The lowest BCUT2D eigenvalue weighted by Gasteiger charge is -2.12. The summed E-state index contributed by atoms with van der Waals surface area (Å²) in [6.45, 7) is -0.193. The maximum atomic E-state index is 12.9. The smallest absolute Gasteiger partial charge is 0.293 e. The van der Waals surface area contributed by atoms with E-state index >= 15 is 0 Å². The number of Topliss-reactive ketones (excluding diaryl/α,β-unsaturated/α-hetero) is 1. The second-order valence-corrected chi connectivity index (χ2v) is 9.36. The molecule has 0 bridgehead atoms. The third kappa shape index (κ3) is 5.84. The van der Waals surface area contributed by atoms with Crippen molar-refractivity contribution in [3.05, 3.63) is 109 Å². The Hall–Kier alpha value is -3.76. The van der Waals surface area contributed by atoms with E-state index in [1.807, 2.05) is 0 Å². The van der Waals surface area contributed by atoms with Crippen LogP contribution >= 0.6 is 27.7 Å². The molecule has 0 radical (unpaired) electrons. The monoisotopic (exact) mass is 552 g/mol. The van der Waals surface area contributed by atoms with Crippen LogP contribution in [-0.2, 0) is 11.4 Å². The molecule has 1 fully saturated rings. The van der Waals surface area contributed by atoms with Crippen molar-refractivity contribution >= 4 is 56.4 Å². The number of non-ortho nitro benzene ring substituents is 1. The number of carbonyl (C=O) groups is 3. The maximum Gasteiger partial charge on any atom is 0.293 e. The minimum Gasteiger partial charge on any atom is -0.488 e. The van der Waals surface area contributed by atoms with Crippen molar-refractivity contribution in [2.75, 3.05) is 6.54 Å². The predicted octanol–water partition coefficient (Wildman–Crippen LogP) is 5.86. The zero-order chi connectivity index (χ0) is 24.9. The first kappa shape index (κ1) is 24.4. The van der Waals surface area contributed by atoms with Crippen LogP contribution < -0.4 is 4.74 Å². The lowest BCUT2D eigenvalue weighted by molar-refractivity contribution is -0.384. The second kappa shape index (κ2) is 10.7. The summed E-state index contributed by atoms with van der Waals surface area (Å²) in [7, 11) is 0. The van der Waals surface area contributed by atoms with Crippen molar-refractivity contribution in [3.8, 4) is 5.75 Å². The van der Waals surface area contributed by atoms with Crippen molar-refractivity contribution in [1.82, 2.24) is 4.90 Å². The minimum atomic E-state index is -0.550. The van der Waals surface area contributed by atoms with Crippen molar-refractivity contribution in [1.29, 1.82) is 0 Å². The fraction of sp³-hybridized carbons (Fsp3) is 0.0800. The summed E-state index contributed by atoms with van der Waals surface area (Å²) in [6.07, 6.45) is 1.55. The van der Waals surface area contributed by atoms with Gasteiger partial charge in [-0.1, -0.05) is 46.3 Å². The average molecular weight is 553 g/mol. The summed E-state index contributed by atoms with van der Waals surface area (Å²) in [6, 6.07) is 19.7. The van der Waals surface area contributed by atoms with E-state index in [1.54, 1.807) is 66.7 Å². The first-order valence-electron chi connectivity index (χ1n) is 10.3. The molecule has 0 atom stereocenters. The summed E-state index contributed by atoms with van der Waals surface area (Å²) in [5.74, 6) is -0.423. The third-order valence-corrected chi connectivity index (χ3v) is 6.47. The van der Waals surface area contributed by atoms with Crippen molar-refractivity contribution < 1.29 is 24.0 Å². The molecular weight excluding hydrogens is 536 g/mol. The Labute approximate surface area is 212 Å². The molecule has 3 aromatic rings. The van der Waals surface area contributed by atoms with Gasteiger partial charge < -0.3 is 4.74 Å². The number of rotatable bonds is 8. The average Bonchev–Trinajstić information content (AvgIpc) is 3.11. The number of hydrogen-bond acceptors (Lipinski definition) is 7. The molecule has 0 N–H and O–H groups in total. The van der Waals surface area contributed by atoms with Crippen LogP contribution in [0.25, 0.3) is 6.08 Å². The van der Waals surface area contributed by atoms with Gasteiger partial charge in [0, 0.05) is 27.7 Å². The van der Waals surface area contributed by atoms with Gasteiger partial charge in [0.1, 0.15) is 12.4 Å². The number of imide groups is 1. The SMILES string of the molecule is O=C(CN1C(=O)S/C(=C\c2cc(Br)ccc2OCc2ccc([N+](=O)[O-])cc2)C1=O)c1ccccc1. The molecule has 2 amide bonds. The number of benzene rings is 3. The Kier molecular flexibility index (Phi) is 7.42. The van der Waals surface area contributed by atoms with E-state index in [1.165, 1.54) is 12.1 Å². The molecule has 3 aromatic carbocycles. The van der Waals surface area contributed by atoms with E-state index in [4.69, 9.17) is 4.74 Å². The van der Waals surface area contributed by atoms with Crippen molar-refractivity contribution in [2.24, 2.45) is 0 Å². The maximum absolute atomic E-state index is 12.9. The molecule has 10 heteroatoms. The van der Waals surface area contributed by atoms with Crippen LogP contribution in [0.4, 0.5) is 10.5 Å². The van der Waals surface area contributed by atoms with Gasteiger partial charge in [-0.15, -0.1) is 0 Å². The van der Waals surface area contributed by atoms with E-state index in [9.17, 15) is 24.5 Å². The first-order valence-corrected chi connectivity index (χ1v) is 11.9.